The molecule has 2 N–H and O–H groups in total. The van der Waals surface area contributed by atoms with E-state index in [1.165, 1.54) is 0 Å². The lowest BCUT2D eigenvalue weighted by atomic mass is 9.97. The first-order chi connectivity index (χ1) is 14.5. The average Bonchev–Trinajstić information content (AvgIpc) is 2.74. The van der Waals surface area contributed by atoms with E-state index < -0.39 is 5.91 Å². The first-order valence-electron chi connectivity index (χ1n) is 9.88. The number of aryl methyl sites for hydroxylation is 1. The van der Waals surface area contributed by atoms with Gasteiger partial charge < -0.3 is 15.2 Å². The van der Waals surface area contributed by atoms with Gasteiger partial charge in [0, 0.05) is 30.3 Å². The number of nitrogens with zero attached hydrogens (tertiary/aromatic N) is 1. The minimum Gasteiger partial charge on any atom is -0.492 e. The number of nitrogens with two attached hydrogens (primary N) is 1. The molecule has 1 aliphatic rings. The molecule has 6 heteroatoms. The predicted molar refractivity (Wildman–Crippen MR) is 112 cm³/mol. The van der Waals surface area contributed by atoms with Gasteiger partial charge in [0.1, 0.15) is 11.5 Å². The van der Waals surface area contributed by atoms with E-state index in [1.54, 1.807) is 24.4 Å². The number of ether oxygens (including phenoxy) is 2. The van der Waals surface area contributed by atoms with E-state index in [0.29, 0.717) is 54.4 Å². The molecule has 152 valence electrons. The summed E-state index contributed by atoms with van der Waals surface area (Å²) in [5.41, 5.74) is 9.42. The van der Waals surface area contributed by atoms with Crippen molar-refractivity contribution in [2.45, 2.75) is 26.2 Å². The van der Waals surface area contributed by atoms with E-state index in [-0.39, 0.29) is 5.78 Å². The highest BCUT2D eigenvalue weighted by Gasteiger charge is 2.23. The van der Waals surface area contributed by atoms with Gasteiger partial charge in [0.05, 0.1) is 12.2 Å². The highest BCUT2D eigenvalue weighted by atomic mass is 16.5. The van der Waals surface area contributed by atoms with Crippen LogP contribution in [0.1, 0.15) is 50.8 Å². The van der Waals surface area contributed by atoms with Crippen molar-refractivity contribution in [3.63, 3.8) is 0 Å². The minimum atomic E-state index is -0.441. The monoisotopic (exact) mass is 402 g/mol. The van der Waals surface area contributed by atoms with Crippen molar-refractivity contribution >= 4 is 11.7 Å². The van der Waals surface area contributed by atoms with Crippen molar-refractivity contribution in [1.29, 1.82) is 0 Å². The zero-order valence-electron chi connectivity index (χ0n) is 16.7. The molecule has 0 saturated carbocycles. The van der Waals surface area contributed by atoms with Crippen LogP contribution in [0.3, 0.4) is 0 Å². The molecule has 0 unspecified atom stereocenters. The molecule has 4 rings (SSSR count). The van der Waals surface area contributed by atoms with E-state index in [9.17, 15) is 9.59 Å². The fourth-order valence-corrected chi connectivity index (χ4v) is 3.55. The molecule has 2 heterocycles. The molecule has 0 saturated heterocycles. The van der Waals surface area contributed by atoms with Crippen LogP contribution in [-0.4, -0.2) is 23.3 Å². The van der Waals surface area contributed by atoms with Crippen LogP contribution in [-0.2, 0) is 12.8 Å². The van der Waals surface area contributed by atoms with E-state index in [4.69, 9.17) is 15.2 Å². The Morgan fingerprint density at radius 1 is 1.13 bits per heavy atom. The molecule has 1 aromatic heterocycles. The van der Waals surface area contributed by atoms with Crippen molar-refractivity contribution in [2.75, 3.05) is 6.61 Å². The summed E-state index contributed by atoms with van der Waals surface area (Å²) in [4.78, 5) is 27.8. The highest BCUT2D eigenvalue weighted by molar-refractivity contribution is 6.01. The molecule has 6 nitrogen and oxygen atoms in total. The number of fused-ring (bicyclic) bond motifs is 1. The third-order valence-electron chi connectivity index (χ3n) is 5.07. The van der Waals surface area contributed by atoms with Crippen LogP contribution in [0.4, 0.5) is 0 Å². The van der Waals surface area contributed by atoms with Crippen molar-refractivity contribution in [2.24, 2.45) is 5.73 Å². The molecule has 2 aromatic carbocycles. The molecule has 1 amide bonds. The lowest BCUT2D eigenvalue weighted by Crippen LogP contribution is -2.17. The number of amides is 1. The van der Waals surface area contributed by atoms with Crippen LogP contribution in [0.15, 0.2) is 54.7 Å². The maximum Gasteiger partial charge on any atom is 0.248 e. The molecule has 1 aliphatic heterocycles. The second-order valence-corrected chi connectivity index (χ2v) is 7.17. The van der Waals surface area contributed by atoms with Crippen molar-refractivity contribution in [3.05, 3.63) is 82.5 Å². The summed E-state index contributed by atoms with van der Waals surface area (Å²) in [7, 11) is 0. The molecule has 0 fully saturated rings. The molecule has 0 aliphatic carbocycles. The Morgan fingerprint density at radius 3 is 2.67 bits per heavy atom. The number of Topliss-reactive ketones (excluding diaryl/α,β-unsaturated/α-hetero) is 1. The zero-order chi connectivity index (χ0) is 21.1. The van der Waals surface area contributed by atoms with Crippen molar-refractivity contribution in [1.82, 2.24) is 4.98 Å². The van der Waals surface area contributed by atoms with Gasteiger partial charge in [-0.3, -0.25) is 9.59 Å². The van der Waals surface area contributed by atoms with Crippen molar-refractivity contribution < 1.29 is 19.1 Å². The number of primary amides is 1. The Bertz CT molecular complexity index is 1090. The smallest absolute Gasteiger partial charge is 0.248 e. The van der Waals surface area contributed by atoms with E-state index >= 15 is 0 Å². The van der Waals surface area contributed by atoms with E-state index in [1.807, 2.05) is 37.3 Å². The van der Waals surface area contributed by atoms with Crippen LogP contribution in [0.2, 0.25) is 0 Å². The molecule has 0 bridgehead atoms. The van der Waals surface area contributed by atoms with Gasteiger partial charge in [-0.05, 0) is 53.8 Å². The molecule has 0 spiro atoms. The Morgan fingerprint density at radius 2 is 1.93 bits per heavy atom. The van der Waals surface area contributed by atoms with Gasteiger partial charge >= 0.3 is 0 Å². The maximum atomic E-state index is 12.3. The van der Waals surface area contributed by atoms with Gasteiger partial charge in [0.15, 0.2) is 5.78 Å². The molecular weight excluding hydrogens is 380 g/mol. The standard InChI is InChI=1S/C24H22N2O4/c1-2-17-13-19(14-21-23(17)20(27)8-10-29-21)30-22-12-16(7-9-26-22)11-15-3-5-18(6-4-15)24(25)28/h3-7,9,12-14H,2,8,10-11H2,1H3,(H2,25,28). The van der Waals surface area contributed by atoms with Crippen LogP contribution >= 0.6 is 0 Å². The van der Waals surface area contributed by atoms with Crippen LogP contribution in [0, 0.1) is 0 Å². The zero-order valence-corrected chi connectivity index (χ0v) is 16.7. The number of rotatable bonds is 6. The number of aromatic nitrogens is 1. The summed E-state index contributed by atoms with van der Waals surface area (Å²) in [6, 6.07) is 14.6. The summed E-state index contributed by atoms with van der Waals surface area (Å²) in [6.07, 6.45) is 3.48. The first kappa shape index (κ1) is 19.6. The predicted octanol–water partition coefficient (Wildman–Crippen LogP) is 4.09. The Labute approximate surface area is 174 Å². The third-order valence-corrected chi connectivity index (χ3v) is 5.07. The largest absolute Gasteiger partial charge is 0.492 e. The molecular formula is C24H22N2O4. The summed E-state index contributed by atoms with van der Waals surface area (Å²) in [5.74, 6) is 1.30. The van der Waals surface area contributed by atoms with Crippen molar-refractivity contribution in [3.8, 4) is 17.4 Å². The number of pyridine rings is 1. The molecule has 0 radical (unpaired) electrons. The number of benzene rings is 2. The fourth-order valence-electron chi connectivity index (χ4n) is 3.55. The lowest BCUT2D eigenvalue weighted by molar-refractivity contribution is 0.0931. The average molecular weight is 402 g/mol. The number of carbonyl (C=O) groups is 2. The van der Waals surface area contributed by atoms with E-state index in [2.05, 4.69) is 4.98 Å². The second-order valence-electron chi connectivity index (χ2n) is 7.17. The highest BCUT2D eigenvalue weighted by Crippen LogP contribution is 2.34. The van der Waals surface area contributed by atoms with E-state index in [0.717, 1.165) is 16.7 Å². The normalized spacial score (nSPS) is 12.8. The van der Waals surface area contributed by atoms with Crippen LogP contribution in [0.25, 0.3) is 0 Å². The summed E-state index contributed by atoms with van der Waals surface area (Å²) >= 11 is 0. The van der Waals surface area contributed by atoms with Crippen LogP contribution in [0.5, 0.6) is 17.4 Å². The van der Waals surface area contributed by atoms with Gasteiger partial charge in [0.25, 0.3) is 0 Å². The first-order valence-corrected chi connectivity index (χ1v) is 9.88. The quantitative estimate of drug-likeness (QED) is 0.670. The molecule has 0 atom stereocenters. The van der Waals surface area contributed by atoms with Gasteiger partial charge in [-0.1, -0.05) is 19.1 Å². The third kappa shape index (κ3) is 4.17. The Kier molecular flexibility index (Phi) is 5.48. The van der Waals surface area contributed by atoms with Crippen LogP contribution < -0.4 is 15.2 Å². The number of hydrogen-bond acceptors (Lipinski definition) is 5. The summed E-state index contributed by atoms with van der Waals surface area (Å²) in [5, 5.41) is 0. The Balaban J connectivity index is 1.55. The number of carbonyl (C=O) groups excluding carboxylic acids is 2. The maximum absolute atomic E-state index is 12.3. The SMILES string of the molecule is CCc1cc(Oc2cc(Cc3ccc(C(N)=O)cc3)ccn2)cc2c1C(=O)CCO2. The number of ketones is 1. The molecule has 3 aromatic rings. The summed E-state index contributed by atoms with van der Waals surface area (Å²) < 4.78 is 11.7. The second kappa shape index (κ2) is 8.37. The topological polar surface area (TPSA) is 91.5 Å². The number of hydrogen-bond donors (Lipinski definition) is 1. The van der Waals surface area contributed by atoms with Gasteiger partial charge in [-0.15, -0.1) is 0 Å². The van der Waals surface area contributed by atoms with Gasteiger partial charge in [-0.2, -0.15) is 0 Å². The summed E-state index contributed by atoms with van der Waals surface area (Å²) in [6.45, 7) is 2.39. The molecule has 30 heavy (non-hydrogen) atoms. The van der Waals surface area contributed by atoms with Gasteiger partial charge in [0.2, 0.25) is 11.8 Å². The fraction of sp³-hybridized carbons (Fsp3) is 0.208. The minimum absolute atomic E-state index is 0.113. The Hall–Kier alpha value is -3.67. The van der Waals surface area contributed by atoms with Gasteiger partial charge in [-0.25, -0.2) is 4.98 Å². The lowest BCUT2D eigenvalue weighted by Gasteiger charge is -2.20.